The Morgan fingerprint density at radius 1 is 1.44 bits per heavy atom. The van der Waals surface area contributed by atoms with Crippen molar-refractivity contribution in [2.45, 2.75) is 13.8 Å². The second kappa shape index (κ2) is 1.70. The average molecular weight is 150 g/mol. The molecule has 1 aliphatic rings. The van der Waals surface area contributed by atoms with Crippen LogP contribution in [0.5, 0.6) is 0 Å². The molecule has 9 heavy (non-hydrogen) atoms. The minimum absolute atomic E-state index is 0.153. The lowest BCUT2D eigenvalue weighted by Crippen LogP contribution is -2.15. The monoisotopic (exact) mass is 150 g/mol. The lowest BCUT2D eigenvalue weighted by atomic mass is 9.99. The van der Waals surface area contributed by atoms with Crippen LogP contribution in [0.2, 0.25) is 0 Å². The smallest absolute Gasteiger partial charge is 0.267 e. The molecule has 54 valence electrons. The molecule has 0 aromatic carbocycles. The first-order valence-electron chi connectivity index (χ1n) is 2.78. The Hall–Kier alpha value is -0.0900. The maximum Gasteiger partial charge on any atom is 0.267 e. The molecule has 0 amide bonds. The van der Waals surface area contributed by atoms with Crippen LogP contribution in [-0.2, 0) is 14.3 Å². The van der Waals surface area contributed by atoms with Crippen LogP contribution in [0.15, 0.2) is 0 Å². The molecule has 0 N–H and O–H groups in total. The van der Waals surface area contributed by atoms with Crippen LogP contribution in [0.4, 0.5) is 0 Å². The van der Waals surface area contributed by atoms with Crippen molar-refractivity contribution in [1.29, 1.82) is 0 Å². The van der Waals surface area contributed by atoms with Crippen LogP contribution in [0.25, 0.3) is 0 Å². The Balaban J connectivity index is 2.81. The van der Waals surface area contributed by atoms with E-state index in [4.69, 9.17) is 0 Å². The Kier molecular flexibility index (Phi) is 1.33. The summed E-state index contributed by atoms with van der Waals surface area (Å²) in [5, 5.41) is 0. The molecule has 1 heterocycles. The molecular formula is C5H10O3S. The topological polar surface area (TPSA) is 43.4 Å². The van der Waals surface area contributed by atoms with Crippen LogP contribution in [-0.4, -0.2) is 20.8 Å². The predicted octanol–water partition coefficient (Wildman–Crippen LogP) is 0.373. The molecule has 0 aromatic heterocycles. The van der Waals surface area contributed by atoms with Gasteiger partial charge in [0.05, 0.1) is 12.4 Å². The second-order valence-corrected chi connectivity index (χ2v) is 4.77. The summed E-state index contributed by atoms with van der Waals surface area (Å²) in [5.74, 6) is 0.153. The van der Waals surface area contributed by atoms with E-state index in [0.717, 1.165) is 0 Å². The normalized spacial score (nSPS) is 30.4. The van der Waals surface area contributed by atoms with Gasteiger partial charge in [0.25, 0.3) is 10.1 Å². The van der Waals surface area contributed by atoms with Crippen molar-refractivity contribution >= 4 is 10.1 Å². The molecule has 0 saturated carbocycles. The third kappa shape index (κ3) is 1.66. The van der Waals surface area contributed by atoms with Crippen molar-refractivity contribution in [3.05, 3.63) is 0 Å². The summed E-state index contributed by atoms with van der Waals surface area (Å²) in [6, 6.07) is 0. The first-order valence-corrected chi connectivity index (χ1v) is 4.36. The lowest BCUT2D eigenvalue weighted by Gasteiger charge is -2.08. The molecule has 3 nitrogen and oxygen atoms in total. The maximum atomic E-state index is 10.6. The molecule has 1 rings (SSSR count). The van der Waals surface area contributed by atoms with Gasteiger partial charge >= 0.3 is 0 Å². The Bertz CT molecular complexity index is 202. The van der Waals surface area contributed by atoms with E-state index in [9.17, 15) is 8.42 Å². The van der Waals surface area contributed by atoms with Gasteiger partial charge in [-0.25, -0.2) is 0 Å². The summed E-state index contributed by atoms with van der Waals surface area (Å²) in [6.07, 6.45) is 0. The van der Waals surface area contributed by atoms with Gasteiger partial charge in [-0.2, -0.15) is 8.42 Å². The molecule has 0 radical (unpaired) electrons. The summed E-state index contributed by atoms with van der Waals surface area (Å²) in [6.45, 7) is 4.07. The van der Waals surface area contributed by atoms with Crippen LogP contribution in [0.3, 0.4) is 0 Å². The summed E-state index contributed by atoms with van der Waals surface area (Å²) >= 11 is 0. The zero-order valence-corrected chi connectivity index (χ0v) is 6.36. The first kappa shape index (κ1) is 7.02. The van der Waals surface area contributed by atoms with Gasteiger partial charge in [0.15, 0.2) is 0 Å². The van der Waals surface area contributed by atoms with Gasteiger partial charge in [0.1, 0.15) is 0 Å². The third-order valence-electron chi connectivity index (χ3n) is 1.20. The van der Waals surface area contributed by atoms with E-state index in [1.54, 1.807) is 0 Å². The molecule has 0 spiro atoms. The van der Waals surface area contributed by atoms with Crippen LogP contribution < -0.4 is 0 Å². The third-order valence-corrected chi connectivity index (χ3v) is 2.81. The fourth-order valence-corrected chi connectivity index (χ4v) is 2.43. The highest BCUT2D eigenvalue weighted by Crippen LogP contribution is 2.26. The summed E-state index contributed by atoms with van der Waals surface area (Å²) in [4.78, 5) is 0. The Morgan fingerprint density at radius 3 is 2.11 bits per heavy atom. The number of rotatable bonds is 0. The molecule has 1 fully saturated rings. The Morgan fingerprint density at radius 2 is 2.00 bits per heavy atom. The van der Waals surface area contributed by atoms with Gasteiger partial charge in [-0.05, 0) is 0 Å². The predicted molar refractivity (Wildman–Crippen MR) is 33.5 cm³/mol. The van der Waals surface area contributed by atoms with Crippen molar-refractivity contribution in [2.24, 2.45) is 5.41 Å². The van der Waals surface area contributed by atoms with Crippen LogP contribution in [0, 0.1) is 5.41 Å². The summed E-state index contributed by atoms with van der Waals surface area (Å²) < 4.78 is 25.8. The molecular weight excluding hydrogens is 140 g/mol. The first-order chi connectivity index (χ1) is 3.91. The Labute approximate surface area is 55.1 Å². The van der Waals surface area contributed by atoms with Crippen molar-refractivity contribution in [3.8, 4) is 0 Å². The molecule has 1 aliphatic heterocycles. The minimum atomic E-state index is -3.15. The molecule has 4 heteroatoms. The van der Waals surface area contributed by atoms with E-state index in [0.29, 0.717) is 6.61 Å². The van der Waals surface area contributed by atoms with Gasteiger partial charge in [-0.3, -0.25) is 4.18 Å². The van der Waals surface area contributed by atoms with E-state index < -0.39 is 10.1 Å². The van der Waals surface area contributed by atoms with E-state index >= 15 is 0 Å². The SMILES string of the molecule is CC1(C)COS(=O)(=O)C1. The highest BCUT2D eigenvalue weighted by molar-refractivity contribution is 7.87. The van der Waals surface area contributed by atoms with Gasteiger partial charge in [0, 0.05) is 5.41 Å². The average Bonchev–Trinajstić information content (AvgIpc) is 1.78. The van der Waals surface area contributed by atoms with Gasteiger partial charge in [-0.15, -0.1) is 0 Å². The molecule has 0 aliphatic carbocycles. The van der Waals surface area contributed by atoms with Crippen molar-refractivity contribution in [3.63, 3.8) is 0 Å². The van der Waals surface area contributed by atoms with Gasteiger partial charge in [-0.1, -0.05) is 13.8 Å². The number of hydrogen-bond acceptors (Lipinski definition) is 3. The van der Waals surface area contributed by atoms with Gasteiger partial charge < -0.3 is 0 Å². The van der Waals surface area contributed by atoms with Crippen LogP contribution >= 0.6 is 0 Å². The molecule has 0 aromatic rings. The highest BCUT2D eigenvalue weighted by Gasteiger charge is 2.35. The summed E-state index contributed by atoms with van der Waals surface area (Å²) in [5.41, 5.74) is -0.182. The van der Waals surface area contributed by atoms with E-state index in [1.165, 1.54) is 0 Å². The van der Waals surface area contributed by atoms with Gasteiger partial charge in [0.2, 0.25) is 0 Å². The molecule has 0 bridgehead atoms. The standard InChI is InChI=1S/C5H10O3S/c1-5(2)3-8-9(6,7)4-5/h3-4H2,1-2H3. The van der Waals surface area contributed by atoms with Crippen molar-refractivity contribution < 1.29 is 12.6 Å². The largest absolute Gasteiger partial charge is 0.269 e. The van der Waals surface area contributed by atoms with E-state index in [-0.39, 0.29) is 11.2 Å². The van der Waals surface area contributed by atoms with Crippen LogP contribution in [0.1, 0.15) is 13.8 Å². The highest BCUT2D eigenvalue weighted by atomic mass is 32.2. The lowest BCUT2D eigenvalue weighted by molar-refractivity contribution is 0.256. The zero-order valence-electron chi connectivity index (χ0n) is 5.55. The molecule has 0 atom stereocenters. The molecule has 0 unspecified atom stereocenters. The van der Waals surface area contributed by atoms with Crippen molar-refractivity contribution in [2.75, 3.05) is 12.4 Å². The minimum Gasteiger partial charge on any atom is -0.269 e. The fourth-order valence-electron chi connectivity index (χ4n) is 0.811. The fraction of sp³-hybridized carbons (Fsp3) is 1.00. The maximum absolute atomic E-state index is 10.6. The van der Waals surface area contributed by atoms with E-state index in [2.05, 4.69) is 4.18 Å². The number of hydrogen-bond donors (Lipinski definition) is 0. The van der Waals surface area contributed by atoms with E-state index in [1.807, 2.05) is 13.8 Å². The quantitative estimate of drug-likeness (QED) is 0.469. The summed E-state index contributed by atoms with van der Waals surface area (Å²) in [7, 11) is -3.15. The van der Waals surface area contributed by atoms with Crippen molar-refractivity contribution in [1.82, 2.24) is 0 Å². The molecule has 1 saturated heterocycles. The zero-order chi connectivity index (χ0) is 7.12. The second-order valence-electron chi connectivity index (χ2n) is 3.13.